The highest BCUT2D eigenvalue weighted by Crippen LogP contribution is 2.23. The molecular formula is C21H21ClN3O3+. The summed E-state index contributed by atoms with van der Waals surface area (Å²) in [5.41, 5.74) is 1.23. The average molecular weight is 399 g/mol. The van der Waals surface area contributed by atoms with E-state index in [2.05, 4.69) is 0 Å². The summed E-state index contributed by atoms with van der Waals surface area (Å²) in [6, 6.07) is 15.5. The minimum Gasteiger partial charge on any atom is -0.327 e. The van der Waals surface area contributed by atoms with Crippen LogP contribution in [0.25, 0.3) is 0 Å². The van der Waals surface area contributed by atoms with Crippen LogP contribution >= 0.6 is 11.6 Å². The van der Waals surface area contributed by atoms with E-state index in [1.807, 2.05) is 35.2 Å². The first kappa shape index (κ1) is 18.7. The van der Waals surface area contributed by atoms with Crippen LogP contribution < -0.4 is 9.80 Å². The molecule has 0 radical (unpaired) electrons. The van der Waals surface area contributed by atoms with Crippen molar-refractivity contribution >= 4 is 35.0 Å². The third-order valence-corrected chi connectivity index (χ3v) is 5.69. The monoisotopic (exact) mass is 398 g/mol. The Hall–Kier alpha value is -2.70. The lowest BCUT2D eigenvalue weighted by Crippen LogP contribution is -3.19. The number of rotatable bonds is 3. The predicted octanol–water partition coefficient (Wildman–Crippen LogP) is 1.01. The van der Waals surface area contributed by atoms with Gasteiger partial charge in [-0.25, -0.2) is 4.90 Å². The van der Waals surface area contributed by atoms with Crippen LogP contribution in [0.1, 0.15) is 16.8 Å². The lowest BCUT2D eigenvalue weighted by atomic mass is 10.1. The van der Waals surface area contributed by atoms with E-state index in [1.54, 1.807) is 24.3 Å². The van der Waals surface area contributed by atoms with E-state index in [9.17, 15) is 14.4 Å². The summed E-state index contributed by atoms with van der Waals surface area (Å²) in [6.07, 6.45) is 0.198. The summed E-state index contributed by atoms with van der Waals surface area (Å²) in [7, 11) is 0. The van der Waals surface area contributed by atoms with Crippen molar-refractivity contribution in [2.45, 2.75) is 12.5 Å². The third-order valence-electron chi connectivity index (χ3n) is 5.44. The number of imide groups is 1. The van der Waals surface area contributed by atoms with Crippen LogP contribution in [0, 0.1) is 0 Å². The molecule has 0 aromatic heterocycles. The lowest BCUT2D eigenvalue weighted by molar-refractivity contribution is -0.918. The van der Waals surface area contributed by atoms with Crippen molar-refractivity contribution in [1.82, 2.24) is 4.90 Å². The third kappa shape index (κ3) is 3.53. The summed E-state index contributed by atoms with van der Waals surface area (Å²) in [4.78, 5) is 42.1. The Morgan fingerprint density at radius 2 is 1.61 bits per heavy atom. The molecule has 2 saturated heterocycles. The van der Waals surface area contributed by atoms with Crippen molar-refractivity contribution < 1.29 is 19.3 Å². The highest BCUT2D eigenvalue weighted by atomic mass is 35.5. The molecular weight excluding hydrogens is 378 g/mol. The van der Waals surface area contributed by atoms with Gasteiger partial charge in [0, 0.05) is 10.6 Å². The molecule has 7 heteroatoms. The fourth-order valence-corrected chi connectivity index (χ4v) is 4.05. The van der Waals surface area contributed by atoms with Gasteiger partial charge in [0.15, 0.2) is 6.04 Å². The number of carbonyl (C=O) groups excluding carboxylic acids is 3. The maximum absolute atomic E-state index is 12.9. The molecule has 0 aliphatic carbocycles. The van der Waals surface area contributed by atoms with E-state index >= 15 is 0 Å². The molecule has 28 heavy (non-hydrogen) atoms. The predicted molar refractivity (Wildman–Crippen MR) is 105 cm³/mol. The smallest absolute Gasteiger partial charge is 0.292 e. The number of nitrogens with zero attached hydrogens (tertiary/aromatic N) is 2. The quantitative estimate of drug-likeness (QED) is 0.785. The standard InChI is InChI=1S/C21H20ClN3O3/c22-16-6-8-17(9-7-16)25-19(26)14-18(21(25)28)23-10-12-24(13-11-23)20(27)15-4-2-1-3-5-15/h1-9,18H,10-14H2/p+1/t18-/m1/s1. The number of hydrogen-bond acceptors (Lipinski definition) is 3. The van der Waals surface area contributed by atoms with Crippen LogP contribution in [0.3, 0.4) is 0 Å². The number of quaternary nitrogens is 1. The number of anilines is 1. The van der Waals surface area contributed by atoms with Crippen molar-refractivity contribution in [2.24, 2.45) is 0 Å². The molecule has 144 valence electrons. The molecule has 0 saturated carbocycles. The number of piperazine rings is 1. The average Bonchev–Trinajstić information content (AvgIpc) is 3.03. The Kier molecular flexibility index (Phi) is 5.15. The largest absolute Gasteiger partial charge is 0.327 e. The van der Waals surface area contributed by atoms with Gasteiger partial charge in [0.2, 0.25) is 5.91 Å². The van der Waals surface area contributed by atoms with E-state index < -0.39 is 6.04 Å². The van der Waals surface area contributed by atoms with Gasteiger partial charge >= 0.3 is 0 Å². The molecule has 6 nitrogen and oxygen atoms in total. The molecule has 0 unspecified atom stereocenters. The number of hydrogen-bond donors (Lipinski definition) is 1. The summed E-state index contributed by atoms with van der Waals surface area (Å²) < 4.78 is 0. The Balaban J connectivity index is 1.41. The molecule has 3 amide bonds. The highest BCUT2D eigenvalue weighted by molar-refractivity contribution is 6.30. The number of amides is 3. The fourth-order valence-electron chi connectivity index (χ4n) is 3.92. The van der Waals surface area contributed by atoms with Gasteiger partial charge in [0.25, 0.3) is 11.8 Å². The molecule has 1 N–H and O–H groups in total. The van der Waals surface area contributed by atoms with Crippen LogP contribution in [-0.2, 0) is 9.59 Å². The molecule has 1 atom stereocenters. The molecule has 2 aliphatic heterocycles. The molecule has 0 spiro atoms. The Morgan fingerprint density at radius 3 is 2.25 bits per heavy atom. The normalized spacial score (nSPS) is 20.7. The lowest BCUT2D eigenvalue weighted by Gasteiger charge is -2.34. The number of halogens is 1. The van der Waals surface area contributed by atoms with E-state index in [0.29, 0.717) is 42.5 Å². The summed E-state index contributed by atoms with van der Waals surface area (Å²) >= 11 is 5.90. The minimum absolute atomic E-state index is 0.0104. The van der Waals surface area contributed by atoms with Gasteiger partial charge in [0.05, 0.1) is 38.3 Å². The maximum atomic E-state index is 12.9. The molecule has 2 aromatic carbocycles. The molecule has 2 fully saturated rings. The minimum atomic E-state index is -0.392. The Morgan fingerprint density at radius 1 is 0.964 bits per heavy atom. The first-order chi connectivity index (χ1) is 13.5. The van der Waals surface area contributed by atoms with Gasteiger partial charge in [0.1, 0.15) is 0 Å². The zero-order chi connectivity index (χ0) is 19.7. The van der Waals surface area contributed by atoms with E-state index in [1.165, 1.54) is 4.90 Å². The number of nitrogens with one attached hydrogen (secondary N) is 1. The van der Waals surface area contributed by atoms with Crippen LogP contribution in [0.15, 0.2) is 54.6 Å². The topological polar surface area (TPSA) is 62.1 Å². The summed E-state index contributed by atoms with van der Waals surface area (Å²) in [5, 5.41) is 0.559. The zero-order valence-corrected chi connectivity index (χ0v) is 16.1. The molecule has 2 heterocycles. The first-order valence-corrected chi connectivity index (χ1v) is 9.73. The van der Waals surface area contributed by atoms with Crippen molar-refractivity contribution in [3.05, 3.63) is 65.2 Å². The Labute approximate surface area is 168 Å². The van der Waals surface area contributed by atoms with Crippen LogP contribution in [0.2, 0.25) is 5.02 Å². The highest BCUT2D eigenvalue weighted by Gasteiger charge is 2.46. The zero-order valence-electron chi connectivity index (χ0n) is 15.3. The van der Waals surface area contributed by atoms with Crippen LogP contribution in [0.5, 0.6) is 0 Å². The second-order valence-electron chi connectivity index (χ2n) is 7.12. The summed E-state index contributed by atoms with van der Waals surface area (Å²) in [5.74, 6) is -0.353. The molecule has 4 rings (SSSR count). The van der Waals surface area contributed by atoms with E-state index in [4.69, 9.17) is 11.6 Å². The second-order valence-corrected chi connectivity index (χ2v) is 7.55. The van der Waals surface area contributed by atoms with Crippen LogP contribution in [-0.4, -0.2) is 54.8 Å². The van der Waals surface area contributed by atoms with Gasteiger partial charge in [-0.2, -0.15) is 0 Å². The summed E-state index contributed by atoms with van der Waals surface area (Å²) in [6.45, 7) is 2.44. The molecule has 2 aromatic rings. The number of carbonyl (C=O) groups is 3. The van der Waals surface area contributed by atoms with Gasteiger partial charge in [-0.1, -0.05) is 29.8 Å². The van der Waals surface area contributed by atoms with Gasteiger partial charge in [-0.3, -0.25) is 14.4 Å². The Bertz CT molecular complexity index is 893. The van der Waals surface area contributed by atoms with Crippen molar-refractivity contribution in [3.8, 4) is 0 Å². The van der Waals surface area contributed by atoms with E-state index in [-0.39, 0.29) is 24.1 Å². The van der Waals surface area contributed by atoms with Crippen molar-refractivity contribution in [2.75, 3.05) is 31.1 Å². The SMILES string of the molecule is O=C(c1ccccc1)N1CC[NH+]([C@@H]2CC(=O)N(c3ccc(Cl)cc3)C2=O)CC1. The van der Waals surface area contributed by atoms with Gasteiger partial charge in [-0.15, -0.1) is 0 Å². The second kappa shape index (κ2) is 7.73. The fraction of sp³-hybridized carbons (Fsp3) is 0.286. The number of benzene rings is 2. The first-order valence-electron chi connectivity index (χ1n) is 9.36. The van der Waals surface area contributed by atoms with Gasteiger partial charge < -0.3 is 9.80 Å². The van der Waals surface area contributed by atoms with Crippen molar-refractivity contribution in [3.63, 3.8) is 0 Å². The van der Waals surface area contributed by atoms with Gasteiger partial charge in [-0.05, 0) is 36.4 Å². The van der Waals surface area contributed by atoms with E-state index in [0.717, 1.165) is 4.90 Å². The maximum Gasteiger partial charge on any atom is 0.292 e. The van der Waals surface area contributed by atoms with Crippen molar-refractivity contribution in [1.29, 1.82) is 0 Å². The molecule has 0 bridgehead atoms. The molecule has 2 aliphatic rings. The van der Waals surface area contributed by atoms with Crippen LogP contribution in [0.4, 0.5) is 5.69 Å².